The number of aromatic hydroxyl groups is 1. The third-order valence-electron chi connectivity index (χ3n) is 2.95. The van der Waals surface area contributed by atoms with Crippen LogP contribution >= 0.6 is 0 Å². The van der Waals surface area contributed by atoms with E-state index in [4.69, 9.17) is 0 Å². The zero-order chi connectivity index (χ0) is 11.4. The van der Waals surface area contributed by atoms with Gasteiger partial charge in [-0.25, -0.2) is 0 Å². The molecule has 1 aliphatic rings. The van der Waals surface area contributed by atoms with Gasteiger partial charge in [0.15, 0.2) is 0 Å². The van der Waals surface area contributed by atoms with E-state index in [0.717, 1.165) is 18.5 Å². The molecule has 0 spiro atoms. The lowest BCUT2D eigenvalue weighted by Crippen LogP contribution is -2.25. The number of phenolic OH excluding ortho intramolecular Hbond substituents is 1. The molecule has 1 aromatic rings. The van der Waals surface area contributed by atoms with E-state index in [0.29, 0.717) is 18.9 Å². The summed E-state index contributed by atoms with van der Waals surface area (Å²) in [6.07, 6.45) is 3.30. The van der Waals surface area contributed by atoms with Gasteiger partial charge in [0, 0.05) is 18.9 Å². The molecular formula is C13H17NO2. The van der Waals surface area contributed by atoms with Crippen LogP contribution in [-0.4, -0.2) is 23.5 Å². The van der Waals surface area contributed by atoms with Crippen molar-refractivity contribution >= 4 is 5.78 Å². The van der Waals surface area contributed by atoms with Gasteiger partial charge < -0.3 is 10.4 Å². The smallest absolute Gasteiger partial charge is 0.138 e. The second-order valence-corrected chi connectivity index (χ2v) is 4.38. The van der Waals surface area contributed by atoms with E-state index >= 15 is 0 Å². The van der Waals surface area contributed by atoms with Crippen molar-refractivity contribution in [2.24, 2.45) is 0 Å². The lowest BCUT2D eigenvalue weighted by atomic mass is 10.0. The van der Waals surface area contributed by atoms with Crippen LogP contribution in [-0.2, 0) is 11.2 Å². The summed E-state index contributed by atoms with van der Waals surface area (Å²) in [7, 11) is 0. The highest BCUT2D eigenvalue weighted by Crippen LogP contribution is 2.14. The SMILES string of the molecule is O=C(Cc1cccc(O)c1)CC1CCCN1. The van der Waals surface area contributed by atoms with E-state index in [-0.39, 0.29) is 11.5 Å². The number of Topliss-reactive ketones (excluding diaryl/α,β-unsaturated/α-hetero) is 1. The molecule has 2 N–H and O–H groups in total. The van der Waals surface area contributed by atoms with Crippen LogP contribution in [0, 0.1) is 0 Å². The summed E-state index contributed by atoms with van der Waals surface area (Å²) in [4.78, 5) is 11.8. The van der Waals surface area contributed by atoms with Crippen molar-refractivity contribution in [1.82, 2.24) is 5.32 Å². The lowest BCUT2D eigenvalue weighted by Gasteiger charge is -2.08. The molecule has 0 saturated carbocycles. The van der Waals surface area contributed by atoms with Gasteiger partial charge >= 0.3 is 0 Å². The third-order valence-corrected chi connectivity index (χ3v) is 2.95. The summed E-state index contributed by atoms with van der Waals surface area (Å²) >= 11 is 0. The average molecular weight is 219 g/mol. The van der Waals surface area contributed by atoms with Gasteiger partial charge in [-0.05, 0) is 37.1 Å². The number of ketones is 1. The monoisotopic (exact) mass is 219 g/mol. The number of hydrogen-bond acceptors (Lipinski definition) is 3. The van der Waals surface area contributed by atoms with Gasteiger partial charge in [-0.2, -0.15) is 0 Å². The van der Waals surface area contributed by atoms with Crippen LogP contribution in [0.1, 0.15) is 24.8 Å². The molecule has 3 nitrogen and oxygen atoms in total. The Morgan fingerprint density at radius 3 is 3.06 bits per heavy atom. The maximum absolute atomic E-state index is 11.8. The fraction of sp³-hybridized carbons (Fsp3) is 0.462. The van der Waals surface area contributed by atoms with E-state index < -0.39 is 0 Å². The number of benzene rings is 1. The quantitative estimate of drug-likeness (QED) is 0.809. The molecule has 0 aliphatic carbocycles. The molecule has 1 aliphatic heterocycles. The molecule has 1 aromatic carbocycles. The predicted octanol–water partition coefficient (Wildman–Crippen LogP) is 1.65. The van der Waals surface area contributed by atoms with Crippen LogP contribution in [0.4, 0.5) is 0 Å². The second kappa shape index (κ2) is 5.12. The molecule has 0 amide bonds. The second-order valence-electron chi connectivity index (χ2n) is 4.38. The Balaban J connectivity index is 1.86. The first kappa shape index (κ1) is 11.1. The Labute approximate surface area is 95.5 Å². The largest absolute Gasteiger partial charge is 0.508 e. The zero-order valence-electron chi connectivity index (χ0n) is 9.28. The van der Waals surface area contributed by atoms with Crippen molar-refractivity contribution in [1.29, 1.82) is 0 Å². The first-order valence-electron chi connectivity index (χ1n) is 5.77. The van der Waals surface area contributed by atoms with Crippen LogP contribution in [0.3, 0.4) is 0 Å². The highest BCUT2D eigenvalue weighted by Gasteiger charge is 2.17. The van der Waals surface area contributed by atoms with Crippen LogP contribution in [0.25, 0.3) is 0 Å². The Kier molecular flexibility index (Phi) is 3.57. The minimum atomic E-state index is 0.226. The molecular weight excluding hydrogens is 202 g/mol. The minimum absolute atomic E-state index is 0.226. The highest BCUT2D eigenvalue weighted by atomic mass is 16.3. The van der Waals surface area contributed by atoms with E-state index in [2.05, 4.69) is 5.32 Å². The summed E-state index contributed by atoms with van der Waals surface area (Å²) in [6, 6.07) is 7.28. The van der Waals surface area contributed by atoms with Crippen LogP contribution in [0.5, 0.6) is 5.75 Å². The van der Waals surface area contributed by atoms with Crippen molar-refractivity contribution in [3.63, 3.8) is 0 Å². The molecule has 16 heavy (non-hydrogen) atoms. The fourth-order valence-corrected chi connectivity index (χ4v) is 2.17. The van der Waals surface area contributed by atoms with E-state index in [9.17, 15) is 9.90 Å². The fourth-order valence-electron chi connectivity index (χ4n) is 2.17. The van der Waals surface area contributed by atoms with E-state index in [1.165, 1.54) is 6.42 Å². The summed E-state index contributed by atoms with van der Waals surface area (Å²) in [6.45, 7) is 1.03. The van der Waals surface area contributed by atoms with E-state index in [1.54, 1.807) is 18.2 Å². The summed E-state index contributed by atoms with van der Waals surface area (Å²) in [5.74, 6) is 0.467. The molecule has 86 valence electrons. The summed E-state index contributed by atoms with van der Waals surface area (Å²) < 4.78 is 0. The highest BCUT2D eigenvalue weighted by molar-refractivity contribution is 5.81. The zero-order valence-corrected chi connectivity index (χ0v) is 9.28. The number of carbonyl (C=O) groups excluding carboxylic acids is 1. The van der Waals surface area contributed by atoms with Crippen molar-refractivity contribution < 1.29 is 9.90 Å². The molecule has 3 heteroatoms. The van der Waals surface area contributed by atoms with Gasteiger partial charge in [0.2, 0.25) is 0 Å². The van der Waals surface area contributed by atoms with Crippen molar-refractivity contribution in [3.05, 3.63) is 29.8 Å². The summed E-state index contributed by atoms with van der Waals surface area (Å²) in [5, 5.41) is 12.6. The first-order valence-corrected chi connectivity index (χ1v) is 5.77. The molecule has 0 bridgehead atoms. The maximum Gasteiger partial charge on any atom is 0.138 e. The normalized spacial score (nSPS) is 19.9. The molecule has 1 heterocycles. The molecule has 2 rings (SSSR count). The Morgan fingerprint density at radius 1 is 1.50 bits per heavy atom. The van der Waals surface area contributed by atoms with Crippen molar-refractivity contribution in [3.8, 4) is 5.75 Å². The predicted molar refractivity (Wildman–Crippen MR) is 62.5 cm³/mol. The number of rotatable bonds is 4. The Bertz CT molecular complexity index is 370. The first-order chi connectivity index (χ1) is 7.74. The maximum atomic E-state index is 11.8. The Morgan fingerprint density at radius 2 is 2.38 bits per heavy atom. The third kappa shape index (κ3) is 3.07. The van der Waals surface area contributed by atoms with E-state index in [1.807, 2.05) is 6.07 Å². The topological polar surface area (TPSA) is 49.3 Å². The molecule has 0 aromatic heterocycles. The molecule has 1 atom stereocenters. The van der Waals surface area contributed by atoms with Gasteiger partial charge in [-0.1, -0.05) is 12.1 Å². The van der Waals surface area contributed by atoms with Gasteiger partial charge in [-0.15, -0.1) is 0 Å². The molecule has 0 radical (unpaired) electrons. The van der Waals surface area contributed by atoms with Gasteiger partial charge in [0.05, 0.1) is 0 Å². The van der Waals surface area contributed by atoms with Gasteiger partial charge in [-0.3, -0.25) is 4.79 Å². The van der Waals surface area contributed by atoms with Gasteiger partial charge in [0.1, 0.15) is 11.5 Å². The number of phenols is 1. The standard InChI is InChI=1S/C13H17NO2/c15-12-5-1-3-10(7-12)8-13(16)9-11-4-2-6-14-11/h1,3,5,7,11,14-15H,2,4,6,8-9H2. The number of carbonyl (C=O) groups is 1. The average Bonchev–Trinajstić information content (AvgIpc) is 2.70. The van der Waals surface area contributed by atoms with Crippen molar-refractivity contribution in [2.75, 3.05) is 6.54 Å². The molecule has 1 saturated heterocycles. The van der Waals surface area contributed by atoms with Gasteiger partial charge in [0.25, 0.3) is 0 Å². The minimum Gasteiger partial charge on any atom is -0.508 e. The van der Waals surface area contributed by atoms with Crippen LogP contribution in [0.15, 0.2) is 24.3 Å². The molecule has 1 fully saturated rings. The lowest BCUT2D eigenvalue weighted by molar-refractivity contribution is -0.118. The summed E-state index contributed by atoms with van der Waals surface area (Å²) in [5.41, 5.74) is 0.892. The molecule has 1 unspecified atom stereocenters. The Hall–Kier alpha value is -1.35. The van der Waals surface area contributed by atoms with Crippen LogP contribution in [0.2, 0.25) is 0 Å². The van der Waals surface area contributed by atoms with Crippen molar-refractivity contribution in [2.45, 2.75) is 31.7 Å². The number of hydrogen-bond donors (Lipinski definition) is 2. The number of nitrogens with one attached hydrogen (secondary N) is 1. The van der Waals surface area contributed by atoms with Crippen LogP contribution < -0.4 is 5.32 Å².